The maximum Gasteiger partial charge on any atom is 0.115 e. The lowest BCUT2D eigenvalue weighted by Crippen LogP contribution is -2.02. The van der Waals surface area contributed by atoms with Crippen LogP contribution in [0.3, 0.4) is 0 Å². The van der Waals surface area contributed by atoms with Gasteiger partial charge in [-0.15, -0.1) is 0 Å². The molecular formula is C10H11N3O2. The minimum Gasteiger partial charge on any atom is -0.508 e. The number of phenolic OH excluding ortho intramolecular Hbond substituents is 1. The second-order valence-electron chi connectivity index (χ2n) is 3.28. The molecule has 1 aromatic carbocycles. The fraction of sp³-hybridized carbons (Fsp3) is 0.200. The molecule has 5 nitrogen and oxygen atoms in total. The lowest BCUT2D eigenvalue weighted by atomic mass is 10.1. The van der Waals surface area contributed by atoms with E-state index in [1.807, 2.05) is 6.07 Å². The molecule has 0 bridgehead atoms. The second-order valence-corrected chi connectivity index (χ2v) is 3.28. The molecule has 15 heavy (non-hydrogen) atoms. The van der Waals surface area contributed by atoms with Crippen molar-refractivity contribution in [3.63, 3.8) is 0 Å². The normalized spacial score (nSPS) is 12.6. The van der Waals surface area contributed by atoms with Crippen molar-refractivity contribution in [2.24, 2.45) is 0 Å². The number of nitrogens with one attached hydrogen (secondary N) is 1. The number of rotatable bonds is 3. The van der Waals surface area contributed by atoms with E-state index in [2.05, 4.69) is 15.4 Å². The highest BCUT2D eigenvalue weighted by Gasteiger charge is 2.11. The number of benzene rings is 1. The molecule has 0 fully saturated rings. The summed E-state index contributed by atoms with van der Waals surface area (Å²) in [5.74, 6) is 0.194. The van der Waals surface area contributed by atoms with Crippen LogP contribution in [0.2, 0.25) is 0 Å². The molecule has 2 aromatic rings. The summed E-state index contributed by atoms with van der Waals surface area (Å²) >= 11 is 0. The fourth-order valence-corrected chi connectivity index (χ4v) is 1.38. The van der Waals surface area contributed by atoms with E-state index in [4.69, 9.17) is 0 Å². The molecule has 0 radical (unpaired) electrons. The number of phenols is 1. The van der Waals surface area contributed by atoms with Gasteiger partial charge < -0.3 is 10.2 Å². The Kier molecular flexibility index (Phi) is 2.64. The smallest absolute Gasteiger partial charge is 0.115 e. The van der Waals surface area contributed by atoms with Gasteiger partial charge in [0.25, 0.3) is 0 Å². The number of aromatic nitrogens is 3. The highest BCUT2D eigenvalue weighted by Crippen LogP contribution is 2.18. The number of hydrogen-bond acceptors (Lipinski definition) is 4. The third-order valence-electron chi connectivity index (χ3n) is 2.11. The van der Waals surface area contributed by atoms with Gasteiger partial charge in [-0.1, -0.05) is 12.1 Å². The monoisotopic (exact) mass is 205 g/mol. The Labute approximate surface area is 86.4 Å². The minimum absolute atomic E-state index is 0.194. The van der Waals surface area contributed by atoms with Gasteiger partial charge in [-0.05, 0) is 17.7 Å². The number of aromatic hydroxyl groups is 1. The van der Waals surface area contributed by atoms with Crippen molar-refractivity contribution in [3.05, 3.63) is 41.7 Å². The van der Waals surface area contributed by atoms with Crippen molar-refractivity contribution >= 4 is 0 Å². The van der Waals surface area contributed by atoms with Crippen LogP contribution in [0.15, 0.2) is 30.5 Å². The molecule has 78 valence electrons. The van der Waals surface area contributed by atoms with Crippen LogP contribution in [-0.2, 0) is 6.42 Å². The van der Waals surface area contributed by atoms with Crippen molar-refractivity contribution < 1.29 is 10.2 Å². The second kappa shape index (κ2) is 4.10. The third-order valence-corrected chi connectivity index (χ3v) is 2.11. The van der Waals surface area contributed by atoms with E-state index in [0.717, 1.165) is 5.56 Å². The van der Waals surface area contributed by atoms with Gasteiger partial charge in [0.2, 0.25) is 0 Å². The zero-order valence-corrected chi connectivity index (χ0v) is 7.96. The quantitative estimate of drug-likeness (QED) is 0.691. The molecule has 1 atom stereocenters. The van der Waals surface area contributed by atoms with Crippen LogP contribution in [0.5, 0.6) is 5.75 Å². The molecule has 1 unspecified atom stereocenters. The first-order valence-electron chi connectivity index (χ1n) is 4.57. The van der Waals surface area contributed by atoms with E-state index >= 15 is 0 Å². The summed E-state index contributed by atoms with van der Waals surface area (Å²) in [6.45, 7) is 0. The summed E-state index contributed by atoms with van der Waals surface area (Å²) in [4.78, 5) is 0. The van der Waals surface area contributed by atoms with Crippen LogP contribution in [0.25, 0.3) is 0 Å². The van der Waals surface area contributed by atoms with Crippen LogP contribution in [0.4, 0.5) is 0 Å². The van der Waals surface area contributed by atoms with Crippen molar-refractivity contribution in [1.29, 1.82) is 0 Å². The average molecular weight is 205 g/mol. The van der Waals surface area contributed by atoms with E-state index in [9.17, 15) is 10.2 Å². The van der Waals surface area contributed by atoms with E-state index in [0.29, 0.717) is 12.1 Å². The van der Waals surface area contributed by atoms with E-state index in [1.165, 1.54) is 6.20 Å². The summed E-state index contributed by atoms with van der Waals surface area (Å²) in [7, 11) is 0. The highest BCUT2D eigenvalue weighted by atomic mass is 16.3. The predicted molar refractivity (Wildman–Crippen MR) is 53.2 cm³/mol. The van der Waals surface area contributed by atoms with Crippen LogP contribution in [-0.4, -0.2) is 25.6 Å². The van der Waals surface area contributed by atoms with Gasteiger partial charge in [0.05, 0.1) is 6.20 Å². The van der Waals surface area contributed by atoms with Crippen LogP contribution >= 0.6 is 0 Å². The van der Waals surface area contributed by atoms with Crippen LogP contribution < -0.4 is 0 Å². The number of aliphatic hydroxyl groups is 1. The fourth-order valence-electron chi connectivity index (χ4n) is 1.38. The molecule has 0 amide bonds. The number of hydrogen-bond donors (Lipinski definition) is 3. The molecule has 2 rings (SSSR count). The van der Waals surface area contributed by atoms with Crippen molar-refractivity contribution in [1.82, 2.24) is 15.4 Å². The topological polar surface area (TPSA) is 82.0 Å². The molecule has 0 spiro atoms. The summed E-state index contributed by atoms with van der Waals surface area (Å²) in [5.41, 5.74) is 1.35. The number of H-pyrrole nitrogens is 1. The Morgan fingerprint density at radius 3 is 2.93 bits per heavy atom. The van der Waals surface area contributed by atoms with E-state index in [1.54, 1.807) is 18.2 Å². The van der Waals surface area contributed by atoms with Crippen molar-refractivity contribution in [2.45, 2.75) is 12.5 Å². The van der Waals surface area contributed by atoms with E-state index in [-0.39, 0.29) is 5.75 Å². The number of aliphatic hydroxyl groups excluding tert-OH is 1. The van der Waals surface area contributed by atoms with Gasteiger partial charge in [0.1, 0.15) is 17.5 Å². The van der Waals surface area contributed by atoms with Crippen molar-refractivity contribution in [3.8, 4) is 5.75 Å². The molecule has 1 heterocycles. The SMILES string of the molecule is Oc1cccc(CC(O)c2cn[nH]n2)c1. The minimum atomic E-state index is -0.703. The van der Waals surface area contributed by atoms with Gasteiger partial charge in [0, 0.05) is 6.42 Å². The Bertz CT molecular complexity index is 428. The maximum absolute atomic E-state index is 9.75. The highest BCUT2D eigenvalue weighted by molar-refractivity contribution is 5.28. The molecule has 0 aliphatic rings. The number of aromatic amines is 1. The first kappa shape index (κ1) is 9.67. The van der Waals surface area contributed by atoms with Gasteiger partial charge in [0.15, 0.2) is 0 Å². The maximum atomic E-state index is 9.75. The Morgan fingerprint density at radius 1 is 1.40 bits per heavy atom. The van der Waals surface area contributed by atoms with E-state index < -0.39 is 6.10 Å². The molecule has 0 saturated heterocycles. The summed E-state index contributed by atoms with van der Waals surface area (Å²) < 4.78 is 0. The molecule has 0 aliphatic carbocycles. The summed E-state index contributed by atoms with van der Waals surface area (Å²) in [5, 5.41) is 28.8. The zero-order valence-electron chi connectivity index (χ0n) is 7.96. The first-order valence-corrected chi connectivity index (χ1v) is 4.57. The molecule has 1 aromatic heterocycles. The van der Waals surface area contributed by atoms with Crippen LogP contribution in [0.1, 0.15) is 17.4 Å². The average Bonchev–Trinajstić information content (AvgIpc) is 2.70. The molecule has 5 heteroatoms. The molecule has 3 N–H and O–H groups in total. The van der Waals surface area contributed by atoms with Gasteiger partial charge in [-0.2, -0.15) is 15.4 Å². The Hall–Kier alpha value is -1.88. The van der Waals surface area contributed by atoms with Gasteiger partial charge >= 0.3 is 0 Å². The summed E-state index contributed by atoms with van der Waals surface area (Å²) in [6, 6.07) is 6.78. The van der Waals surface area contributed by atoms with Gasteiger partial charge in [-0.3, -0.25) is 0 Å². The Balaban J connectivity index is 2.09. The largest absolute Gasteiger partial charge is 0.508 e. The summed E-state index contributed by atoms with van der Waals surface area (Å²) in [6.07, 6.45) is 1.18. The molecule has 0 aliphatic heterocycles. The number of nitrogens with zero attached hydrogens (tertiary/aromatic N) is 2. The Morgan fingerprint density at radius 2 is 2.27 bits per heavy atom. The van der Waals surface area contributed by atoms with Gasteiger partial charge in [-0.25, -0.2) is 0 Å². The van der Waals surface area contributed by atoms with Crippen molar-refractivity contribution in [2.75, 3.05) is 0 Å². The lowest BCUT2D eigenvalue weighted by molar-refractivity contribution is 0.173. The molecule has 0 saturated carbocycles. The molecular weight excluding hydrogens is 194 g/mol. The predicted octanol–water partition coefficient (Wildman–Crippen LogP) is 0.786. The third kappa shape index (κ3) is 2.32. The zero-order chi connectivity index (χ0) is 10.7. The first-order chi connectivity index (χ1) is 7.25. The lowest BCUT2D eigenvalue weighted by Gasteiger charge is -2.06. The van der Waals surface area contributed by atoms with Crippen LogP contribution in [0, 0.1) is 0 Å². The standard InChI is InChI=1S/C10H11N3O2/c14-8-3-1-2-7(4-8)5-10(15)9-6-11-13-12-9/h1-4,6,10,14-15H,5H2,(H,11,12,13).